The third-order valence-corrected chi connectivity index (χ3v) is 2.78. The van der Waals surface area contributed by atoms with Crippen molar-refractivity contribution in [3.63, 3.8) is 0 Å². The van der Waals surface area contributed by atoms with Gasteiger partial charge in [-0.15, -0.1) is 0 Å². The van der Waals surface area contributed by atoms with E-state index in [-0.39, 0.29) is 17.1 Å². The van der Waals surface area contributed by atoms with Crippen LogP contribution in [0.2, 0.25) is 10.0 Å². The second kappa shape index (κ2) is 4.24. The lowest BCUT2D eigenvalue weighted by atomic mass is 10.0. The molecule has 0 heterocycles. The highest BCUT2D eigenvalue weighted by atomic mass is 35.5. The van der Waals surface area contributed by atoms with Gasteiger partial charge in [0.1, 0.15) is 11.5 Å². The average molecular weight is 255 g/mol. The van der Waals surface area contributed by atoms with Crippen LogP contribution in [0.4, 0.5) is 0 Å². The fourth-order valence-electron chi connectivity index (χ4n) is 1.49. The van der Waals surface area contributed by atoms with Gasteiger partial charge in [-0.1, -0.05) is 29.3 Å². The smallest absolute Gasteiger partial charge is 0.127 e. The van der Waals surface area contributed by atoms with Gasteiger partial charge in [0.25, 0.3) is 0 Å². The molecule has 0 aliphatic carbocycles. The minimum Gasteiger partial charge on any atom is -0.507 e. The van der Waals surface area contributed by atoms with E-state index in [0.717, 1.165) is 0 Å². The van der Waals surface area contributed by atoms with Gasteiger partial charge in [-0.2, -0.15) is 0 Å². The van der Waals surface area contributed by atoms with Gasteiger partial charge in [-0.05, 0) is 30.3 Å². The lowest BCUT2D eigenvalue weighted by Gasteiger charge is -2.09. The maximum absolute atomic E-state index is 9.70. The Morgan fingerprint density at radius 3 is 2.12 bits per heavy atom. The van der Waals surface area contributed by atoms with Gasteiger partial charge in [0, 0.05) is 15.6 Å². The number of benzene rings is 2. The predicted molar refractivity (Wildman–Crippen MR) is 65.2 cm³/mol. The van der Waals surface area contributed by atoms with Gasteiger partial charge in [0.15, 0.2) is 0 Å². The molecule has 0 aliphatic heterocycles. The lowest BCUT2D eigenvalue weighted by molar-refractivity contribution is 0.454. The van der Waals surface area contributed by atoms with E-state index in [1.54, 1.807) is 24.3 Å². The van der Waals surface area contributed by atoms with Crippen molar-refractivity contribution in [2.75, 3.05) is 0 Å². The Balaban J connectivity index is 2.72. The van der Waals surface area contributed by atoms with Crippen LogP contribution in [0.5, 0.6) is 11.5 Å². The van der Waals surface area contributed by atoms with Crippen LogP contribution in [0.1, 0.15) is 0 Å². The summed E-state index contributed by atoms with van der Waals surface area (Å²) in [5.41, 5.74) is 0.791. The molecule has 0 aromatic heterocycles. The zero-order valence-electron chi connectivity index (χ0n) is 8.11. The zero-order valence-corrected chi connectivity index (χ0v) is 9.63. The number of phenolic OH excluding ortho intramolecular Hbond substituents is 2. The number of hydrogen-bond acceptors (Lipinski definition) is 2. The first kappa shape index (κ1) is 11.1. The minimum atomic E-state index is -0.0378. The monoisotopic (exact) mass is 254 g/mol. The molecule has 0 spiro atoms. The fraction of sp³-hybridized carbons (Fsp3) is 0. The molecule has 16 heavy (non-hydrogen) atoms. The molecule has 0 saturated carbocycles. The fourth-order valence-corrected chi connectivity index (χ4v) is 1.88. The highest BCUT2D eigenvalue weighted by Gasteiger charge is 2.13. The quantitative estimate of drug-likeness (QED) is 0.806. The third kappa shape index (κ3) is 1.94. The standard InChI is InChI=1S/C12H8Cl2O2/c13-7-4-5-9(14)8(6-7)12-10(15)2-1-3-11(12)16/h1-6,15-16H. The summed E-state index contributed by atoms with van der Waals surface area (Å²) in [6.07, 6.45) is 0. The van der Waals surface area contributed by atoms with Crippen molar-refractivity contribution in [2.45, 2.75) is 0 Å². The molecular formula is C12H8Cl2O2. The largest absolute Gasteiger partial charge is 0.507 e. The Morgan fingerprint density at radius 2 is 1.50 bits per heavy atom. The van der Waals surface area contributed by atoms with Crippen LogP contribution in [0, 0.1) is 0 Å². The number of phenols is 2. The van der Waals surface area contributed by atoms with Crippen LogP contribution in [0.25, 0.3) is 11.1 Å². The third-order valence-electron chi connectivity index (χ3n) is 2.22. The molecule has 2 aromatic carbocycles. The molecule has 0 aliphatic rings. The van der Waals surface area contributed by atoms with E-state index in [1.807, 2.05) is 0 Å². The van der Waals surface area contributed by atoms with Crippen molar-refractivity contribution in [1.29, 1.82) is 0 Å². The van der Waals surface area contributed by atoms with Crippen LogP contribution in [-0.4, -0.2) is 10.2 Å². The maximum atomic E-state index is 9.70. The molecule has 2 aromatic rings. The summed E-state index contributed by atoms with van der Waals surface area (Å²) in [6, 6.07) is 9.36. The Bertz CT molecular complexity index is 518. The summed E-state index contributed by atoms with van der Waals surface area (Å²) in [5.74, 6) is -0.0756. The summed E-state index contributed by atoms with van der Waals surface area (Å²) in [6.45, 7) is 0. The molecule has 0 saturated heterocycles. The van der Waals surface area contributed by atoms with E-state index in [1.165, 1.54) is 12.1 Å². The molecule has 0 unspecified atom stereocenters. The summed E-state index contributed by atoms with van der Waals surface area (Å²) in [4.78, 5) is 0. The first-order valence-corrected chi connectivity index (χ1v) is 5.31. The van der Waals surface area contributed by atoms with E-state index >= 15 is 0 Å². The summed E-state index contributed by atoms with van der Waals surface area (Å²) in [5, 5.41) is 20.3. The van der Waals surface area contributed by atoms with Gasteiger partial charge in [0.05, 0.1) is 5.56 Å². The van der Waals surface area contributed by atoms with E-state index in [9.17, 15) is 10.2 Å². The number of aromatic hydroxyl groups is 2. The second-order valence-corrected chi connectivity index (χ2v) is 4.14. The molecule has 0 fully saturated rings. The summed E-state index contributed by atoms with van der Waals surface area (Å²) in [7, 11) is 0. The molecule has 0 amide bonds. The first-order chi connectivity index (χ1) is 7.59. The van der Waals surface area contributed by atoms with Crippen LogP contribution in [0.3, 0.4) is 0 Å². The lowest BCUT2D eigenvalue weighted by Crippen LogP contribution is -1.82. The Labute approximate surface area is 103 Å². The molecule has 2 N–H and O–H groups in total. The minimum absolute atomic E-state index is 0.0378. The molecule has 4 heteroatoms. The van der Waals surface area contributed by atoms with Crippen LogP contribution in [0.15, 0.2) is 36.4 Å². The van der Waals surface area contributed by atoms with Gasteiger partial charge in [0.2, 0.25) is 0 Å². The number of halogens is 2. The van der Waals surface area contributed by atoms with Crippen molar-refractivity contribution >= 4 is 23.2 Å². The average Bonchev–Trinajstić information content (AvgIpc) is 2.23. The molecule has 0 radical (unpaired) electrons. The molecule has 0 atom stereocenters. The SMILES string of the molecule is Oc1cccc(O)c1-c1cc(Cl)ccc1Cl. The van der Waals surface area contributed by atoms with Crippen molar-refractivity contribution < 1.29 is 10.2 Å². The highest BCUT2D eigenvalue weighted by molar-refractivity contribution is 6.35. The maximum Gasteiger partial charge on any atom is 0.127 e. The first-order valence-electron chi connectivity index (χ1n) is 4.56. The zero-order chi connectivity index (χ0) is 11.7. The highest BCUT2D eigenvalue weighted by Crippen LogP contribution is 2.41. The van der Waals surface area contributed by atoms with Gasteiger partial charge in [-0.25, -0.2) is 0 Å². The molecule has 0 bridgehead atoms. The van der Waals surface area contributed by atoms with E-state index in [0.29, 0.717) is 15.6 Å². The van der Waals surface area contributed by atoms with Crippen LogP contribution < -0.4 is 0 Å². The second-order valence-electron chi connectivity index (χ2n) is 3.30. The summed E-state index contributed by atoms with van der Waals surface area (Å²) < 4.78 is 0. The van der Waals surface area contributed by atoms with Crippen LogP contribution >= 0.6 is 23.2 Å². The molecule has 2 rings (SSSR count). The van der Waals surface area contributed by atoms with Crippen molar-refractivity contribution in [2.24, 2.45) is 0 Å². The van der Waals surface area contributed by atoms with Crippen LogP contribution in [-0.2, 0) is 0 Å². The Morgan fingerprint density at radius 1 is 0.875 bits per heavy atom. The van der Waals surface area contributed by atoms with Crippen molar-refractivity contribution in [3.8, 4) is 22.6 Å². The van der Waals surface area contributed by atoms with Gasteiger partial charge < -0.3 is 10.2 Å². The molecule has 82 valence electrons. The topological polar surface area (TPSA) is 40.5 Å². The molecular weight excluding hydrogens is 247 g/mol. The van der Waals surface area contributed by atoms with Gasteiger partial charge in [-0.3, -0.25) is 0 Å². The number of rotatable bonds is 1. The normalized spacial score (nSPS) is 10.4. The van der Waals surface area contributed by atoms with E-state index in [4.69, 9.17) is 23.2 Å². The Kier molecular flexibility index (Phi) is 2.95. The molecule has 2 nitrogen and oxygen atoms in total. The Hall–Kier alpha value is -1.38. The summed E-state index contributed by atoms with van der Waals surface area (Å²) >= 11 is 11.8. The number of hydrogen-bond donors (Lipinski definition) is 2. The van der Waals surface area contributed by atoms with E-state index < -0.39 is 0 Å². The van der Waals surface area contributed by atoms with E-state index in [2.05, 4.69) is 0 Å². The van der Waals surface area contributed by atoms with Crippen molar-refractivity contribution in [3.05, 3.63) is 46.4 Å². The predicted octanol–water partition coefficient (Wildman–Crippen LogP) is 4.07. The van der Waals surface area contributed by atoms with Crippen molar-refractivity contribution in [1.82, 2.24) is 0 Å². The van der Waals surface area contributed by atoms with Gasteiger partial charge >= 0.3 is 0 Å².